The minimum atomic E-state index is 0.620. The maximum atomic E-state index is 8.89. The van der Waals surface area contributed by atoms with Crippen LogP contribution in [0.5, 0.6) is 0 Å². The maximum Gasteiger partial charge on any atom is 0.101 e. The van der Waals surface area contributed by atoms with Gasteiger partial charge in [-0.05, 0) is 68.4 Å². The highest BCUT2D eigenvalue weighted by Gasteiger charge is 2.31. The smallest absolute Gasteiger partial charge is 0.101 e. The molecular formula is C22H32N2. The molecule has 130 valence electrons. The molecule has 0 unspecified atom stereocenters. The van der Waals surface area contributed by atoms with Crippen molar-refractivity contribution in [2.45, 2.75) is 83.5 Å². The van der Waals surface area contributed by atoms with Crippen molar-refractivity contribution in [3.8, 4) is 6.07 Å². The van der Waals surface area contributed by atoms with Crippen molar-refractivity contribution < 1.29 is 0 Å². The number of pyridine rings is 1. The first kappa shape index (κ1) is 17.5. The predicted molar refractivity (Wildman–Crippen MR) is 98.6 cm³/mol. The van der Waals surface area contributed by atoms with Crippen LogP contribution < -0.4 is 0 Å². The molecule has 1 aromatic heterocycles. The fourth-order valence-electron chi connectivity index (χ4n) is 5.04. The maximum absolute atomic E-state index is 8.89. The van der Waals surface area contributed by atoms with Gasteiger partial charge in [0.15, 0.2) is 0 Å². The molecule has 0 spiro atoms. The van der Waals surface area contributed by atoms with Crippen LogP contribution in [-0.2, 0) is 0 Å². The van der Waals surface area contributed by atoms with Crippen LogP contribution in [0, 0.1) is 29.1 Å². The Balaban J connectivity index is 1.44. The summed E-state index contributed by atoms with van der Waals surface area (Å²) in [6, 6.07) is 6.16. The highest BCUT2D eigenvalue weighted by atomic mass is 14.7. The molecule has 2 fully saturated rings. The van der Waals surface area contributed by atoms with Gasteiger partial charge in [0.05, 0.1) is 5.56 Å². The van der Waals surface area contributed by atoms with Crippen LogP contribution in [0.25, 0.3) is 0 Å². The average Bonchev–Trinajstić information content (AvgIpc) is 2.67. The second-order valence-corrected chi connectivity index (χ2v) is 8.12. The molecule has 24 heavy (non-hydrogen) atoms. The monoisotopic (exact) mass is 324 g/mol. The zero-order valence-corrected chi connectivity index (χ0v) is 15.2. The normalized spacial score (nSPS) is 30.7. The molecule has 0 aliphatic heterocycles. The van der Waals surface area contributed by atoms with E-state index in [0.29, 0.717) is 11.5 Å². The lowest BCUT2D eigenvalue weighted by atomic mass is 9.68. The highest BCUT2D eigenvalue weighted by molar-refractivity contribution is 5.27. The number of nitriles is 1. The van der Waals surface area contributed by atoms with E-state index >= 15 is 0 Å². The fourth-order valence-corrected chi connectivity index (χ4v) is 5.04. The molecule has 0 atom stereocenters. The molecule has 2 saturated carbocycles. The first-order valence-corrected chi connectivity index (χ1v) is 10.2. The standard InChI is InChI=1S/C22H32N2/c1-2-3-4-17-5-8-19(9-6-17)20-10-12-21(13-11-20)22-14-7-18(15-23)16-24-22/h7,14,16-17,19-21H,2-6,8-13H2,1H3. The molecule has 2 heteroatoms. The molecule has 1 heterocycles. The van der Waals surface area contributed by atoms with E-state index in [1.54, 1.807) is 6.20 Å². The van der Waals surface area contributed by atoms with Gasteiger partial charge < -0.3 is 0 Å². The van der Waals surface area contributed by atoms with Crippen molar-refractivity contribution in [1.82, 2.24) is 4.98 Å². The molecule has 1 aromatic rings. The molecule has 0 amide bonds. The second-order valence-electron chi connectivity index (χ2n) is 8.12. The molecule has 0 bridgehead atoms. The van der Waals surface area contributed by atoms with Crippen LogP contribution in [0.3, 0.4) is 0 Å². The van der Waals surface area contributed by atoms with Crippen molar-refractivity contribution in [2.24, 2.45) is 17.8 Å². The third kappa shape index (κ3) is 4.38. The van der Waals surface area contributed by atoms with Gasteiger partial charge in [0.1, 0.15) is 6.07 Å². The molecule has 0 saturated heterocycles. The van der Waals surface area contributed by atoms with Crippen molar-refractivity contribution in [3.05, 3.63) is 29.6 Å². The number of nitrogens with zero attached hydrogens (tertiary/aromatic N) is 2. The van der Waals surface area contributed by atoms with E-state index in [4.69, 9.17) is 5.26 Å². The van der Waals surface area contributed by atoms with Crippen LogP contribution in [0.1, 0.15) is 94.7 Å². The van der Waals surface area contributed by atoms with E-state index in [-0.39, 0.29) is 0 Å². The lowest BCUT2D eigenvalue weighted by Crippen LogP contribution is -2.25. The van der Waals surface area contributed by atoms with Crippen molar-refractivity contribution in [3.63, 3.8) is 0 Å². The van der Waals surface area contributed by atoms with E-state index in [9.17, 15) is 0 Å². The molecule has 2 aliphatic carbocycles. The van der Waals surface area contributed by atoms with Gasteiger partial charge in [0, 0.05) is 17.8 Å². The summed E-state index contributed by atoms with van der Waals surface area (Å²) >= 11 is 0. The Labute approximate surface area is 147 Å². The Morgan fingerprint density at radius 1 is 1.00 bits per heavy atom. The average molecular weight is 325 g/mol. The number of hydrogen-bond donors (Lipinski definition) is 0. The molecule has 0 N–H and O–H groups in total. The first-order chi connectivity index (χ1) is 11.8. The summed E-state index contributed by atoms with van der Waals surface area (Å²) in [7, 11) is 0. The van der Waals surface area contributed by atoms with Crippen LogP contribution >= 0.6 is 0 Å². The van der Waals surface area contributed by atoms with E-state index in [1.165, 1.54) is 76.3 Å². The third-order valence-corrected chi connectivity index (χ3v) is 6.63. The summed E-state index contributed by atoms with van der Waals surface area (Å²) in [5, 5.41) is 8.89. The highest BCUT2D eigenvalue weighted by Crippen LogP contribution is 2.44. The van der Waals surface area contributed by atoms with Crippen LogP contribution in [0.2, 0.25) is 0 Å². The SMILES string of the molecule is CCCCC1CCC(C2CCC(c3ccc(C#N)cn3)CC2)CC1. The van der Waals surface area contributed by atoms with Gasteiger partial charge in [-0.2, -0.15) is 5.26 Å². The quantitative estimate of drug-likeness (QED) is 0.644. The van der Waals surface area contributed by atoms with Crippen molar-refractivity contribution >= 4 is 0 Å². The zero-order valence-electron chi connectivity index (χ0n) is 15.2. The van der Waals surface area contributed by atoms with Crippen LogP contribution in [0.4, 0.5) is 0 Å². The Kier molecular flexibility index (Phi) is 6.30. The van der Waals surface area contributed by atoms with Gasteiger partial charge in [-0.15, -0.1) is 0 Å². The minimum absolute atomic E-state index is 0.620. The van der Waals surface area contributed by atoms with E-state index in [1.807, 2.05) is 6.07 Å². The van der Waals surface area contributed by atoms with Gasteiger partial charge in [0.25, 0.3) is 0 Å². The molecular weight excluding hydrogens is 292 g/mol. The van der Waals surface area contributed by atoms with E-state index in [2.05, 4.69) is 24.0 Å². The Hall–Kier alpha value is -1.36. The van der Waals surface area contributed by atoms with Crippen molar-refractivity contribution in [2.75, 3.05) is 0 Å². The Morgan fingerprint density at radius 2 is 1.67 bits per heavy atom. The molecule has 0 radical (unpaired) electrons. The van der Waals surface area contributed by atoms with Gasteiger partial charge in [-0.1, -0.05) is 39.0 Å². The minimum Gasteiger partial charge on any atom is -0.260 e. The first-order valence-electron chi connectivity index (χ1n) is 10.2. The molecule has 2 aliphatic rings. The summed E-state index contributed by atoms with van der Waals surface area (Å²) in [6.07, 6.45) is 17.3. The van der Waals surface area contributed by atoms with E-state index in [0.717, 1.165) is 17.8 Å². The molecule has 0 aromatic carbocycles. The number of rotatable bonds is 5. The summed E-state index contributed by atoms with van der Waals surface area (Å²) in [4.78, 5) is 4.53. The number of aromatic nitrogens is 1. The lowest BCUT2D eigenvalue weighted by Gasteiger charge is -2.37. The second kappa shape index (κ2) is 8.65. The lowest BCUT2D eigenvalue weighted by molar-refractivity contribution is 0.155. The molecule has 2 nitrogen and oxygen atoms in total. The summed E-state index contributed by atoms with van der Waals surface area (Å²) in [5.74, 6) is 3.61. The third-order valence-electron chi connectivity index (χ3n) is 6.63. The largest absolute Gasteiger partial charge is 0.260 e. The predicted octanol–water partition coefficient (Wildman–Crippen LogP) is 6.22. The fraction of sp³-hybridized carbons (Fsp3) is 0.727. The van der Waals surface area contributed by atoms with Crippen LogP contribution in [0.15, 0.2) is 18.3 Å². The Bertz CT molecular complexity index is 526. The molecule has 3 rings (SSSR count). The van der Waals surface area contributed by atoms with Gasteiger partial charge >= 0.3 is 0 Å². The van der Waals surface area contributed by atoms with Crippen molar-refractivity contribution in [1.29, 1.82) is 5.26 Å². The summed E-state index contributed by atoms with van der Waals surface area (Å²) < 4.78 is 0. The van der Waals surface area contributed by atoms with Gasteiger partial charge in [-0.25, -0.2) is 0 Å². The van der Waals surface area contributed by atoms with Gasteiger partial charge in [0.2, 0.25) is 0 Å². The van der Waals surface area contributed by atoms with Crippen LogP contribution in [-0.4, -0.2) is 4.98 Å². The zero-order chi connectivity index (χ0) is 16.8. The van der Waals surface area contributed by atoms with Gasteiger partial charge in [-0.3, -0.25) is 4.98 Å². The van der Waals surface area contributed by atoms with E-state index < -0.39 is 0 Å². The number of unbranched alkanes of at least 4 members (excludes halogenated alkanes) is 1. The summed E-state index contributed by atoms with van der Waals surface area (Å²) in [5.41, 5.74) is 1.88. The summed E-state index contributed by atoms with van der Waals surface area (Å²) in [6.45, 7) is 2.31. The Morgan fingerprint density at radius 3 is 2.21 bits per heavy atom. The topological polar surface area (TPSA) is 36.7 Å². The number of hydrogen-bond acceptors (Lipinski definition) is 2.